The molecule has 0 amide bonds. The Morgan fingerprint density at radius 3 is 2.59 bits per heavy atom. The lowest BCUT2D eigenvalue weighted by Crippen LogP contribution is -2.03. The van der Waals surface area contributed by atoms with Crippen LogP contribution in [-0.2, 0) is 11.8 Å². The molecule has 0 fully saturated rings. The van der Waals surface area contributed by atoms with Gasteiger partial charge in [-0.25, -0.2) is 4.79 Å². The number of aryl methyl sites for hydroxylation is 1. The van der Waals surface area contributed by atoms with Gasteiger partial charge in [-0.2, -0.15) is 5.10 Å². The van der Waals surface area contributed by atoms with Gasteiger partial charge in [0.1, 0.15) is 5.69 Å². The largest absolute Gasteiger partial charge is 0.463 e. The fraction of sp³-hybridized carbons (Fsp3) is 0.182. The summed E-state index contributed by atoms with van der Waals surface area (Å²) in [6.07, 6.45) is 1.65. The Bertz CT molecular complexity index is 568. The summed E-state index contributed by atoms with van der Waals surface area (Å²) in [5.74, 6) is -0.943. The molecule has 0 aliphatic rings. The Labute approximate surface area is 96.8 Å². The number of esters is 1. The van der Waals surface area contributed by atoms with Crippen LogP contribution in [0, 0.1) is 0 Å². The molecular weight excluding hydrogens is 224 g/mol. The minimum absolute atomic E-state index is 0.00761. The third-order valence-electron chi connectivity index (χ3n) is 2.16. The van der Waals surface area contributed by atoms with Gasteiger partial charge in [0.15, 0.2) is 5.76 Å². The number of ether oxygens (including phenoxy) is 1. The maximum Gasteiger partial charge on any atom is 0.373 e. The Morgan fingerprint density at radius 1 is 1.29 bits per heavy atom. The van der Waals surface area contributed by atoms with Gasteiger partial charge in [-0.05, 0) is 18.2 Å². The van der Waals surface area contributed by atoms with Crippen LogP contribution in [0.4, 0.5) is 0 Å². The second kappa shape index (κ2) is 4.25. The van der Waals surface area contributed by atoms with Gasteiger partial charge in [0.25, 0.3) is 0 Å². The first-order chi connectivity index (χ1) is 8.11. The second-order valence-electron chi connectivity index (χ2n) is 3.36. The van der Waals surface area contributed by atoms with Crippen LogP contribution < -0.4 is 0 Å². The van der Waals surface area contributed by atoms with E-state index in [1.807, 2.05) is 0 Å². The van der Waals surface area contributed by atoms with E-state index >= 15 is 0 Å². The molecule has 88 valence electrons. The van der Waals surface area contributed by atoms with Crippen LogP contribution in [-0.4, -0.2) is 28.6 Å². The average molecular weight is 234 g/mol. The molecule has 0 aliphatic carbocycles. The lowest BCUT2D eigenvalue weighted by atomic mass is 10.2. The van der Waals surface area contributed by atoms with E-state index in [1.165, 1.54) is 23.9 Å². The van der Waals surface area contributed by atoms with Crippen molar-refractivity contribution in [2.24, 2.45) is 7.05 Å². The summed E-state index contributed by atoms with van der Waals surface area (Å²) in [4.78, 5) is 23.0. The van der Waals surface area contributed by atoms with Crippen molar-refractivity contribution in [2.45, 2.75) is 0 Å². The number of hydrogen-bond donors (Lipinski definition) is 0. The summed E-state index contributed by atoms with van der Waals surface area (Å²) < 4.78 is 11.1. The van der Waals surface area contributed by atoms with Crippen molar-refractivity contribution in [2.75, 3.05) is 7.11 Å². The maximum absolute atomic E-state index is 11.9. The maximum atomic E-state index is 11.9. The van der Waals surface area contributed by atoms with Crippen LogP contribution in [0.1, 0.15) is 26.8 Å². The van der Waals surface area contributed by atoms with E-state index in [0.29, 0.717) is 0 Å². The van der Waals surface area contributed by atoms with Crippen molar-refractivity contribution in [3.05, 3.63) is 41.6 Å². The SMILES string of the molecule is COC(=O)c1ccc(C(=O)c2ccn(C)n2)o1. The third kappa shape index (κ3) is 2.10. The molecule has 6 nitrogen and oxygen atoms in total. The molecule has 0 saturated heterocycles. The highest BCUT2D eigenvalue weighted by Gasteiger charge is 2.18. The Balaban J connectivity index is 2.26. The molecule has 0 saturated carbocycles. The molecule has 2 aromatic heterocycles. The standard InChI is InChI=1S/C11H10N2O4/c1-13-6-5-7(12-13)10(14)8-3-4-9(17-8)11(15)16-2/h3-6H,1-2H3. The summed E-state index contributed by atoms with van der Waals surface area (Å²) in [6, 6.07) is 4.38. The molecule has 0 spiro atoms. The first-order valence-electron chi connectivity index (χ1n) is 4.84. The molecule has 2 aromatic rings. The molecule has 2 rings (SSSR count). The number of hydrogen-bond acceptors (Lipinski definition) is 5. The van der Waals surface area contributed by atoms with Crippen LogP contribution in [0.5, 0.6) is 0 Å². The number of carbonyl (C=O) groups excluding carboxylic acids is 2. The summed E-state index contributed by atoms with van der Waals surface area (Å²) in [5.41, 5.74) is 0.262. The van der Waals surface area contributed by atoms with Crippen molar-refractivity contribution >= 4 is 11.8 Å². The Morgan fingerprint density at radius 2 is 2.00 bits per heavy atom. The predicted molar refractivity (Wildman–Crippen MR) is 56.7 cm³/mol. The smallest absolute Gasteiger partial charge is 0.373 e. The van der Waals surface area contributed by atoms with Crippen LogP contribution >= 0.6 is 0 Å². The van der Waals surface area contributed by atoms with Gasteiger partial charge in [-0.1, -0.05) is 0 Å². The average Bonchev–Trinajstić information content (AvgIpc) is 2.95. The lowest BCUT2D eigenvalue weighted by Gasteiger charge is -1.94. The number of methoxy groups -OCH3 is 1. The number of carbonyl (C=O) groups is 2. The van der Waals surface area contributed by atoms with Crippen LogP contribution in [0.25, 0.3) is 0 Å². The number of furan rings is 1. The summed E-state index contributed by atoms with van der Waals surface area (Å²) in [7, 11) is 2.95. The lowest BCUT2D eigenvalue weighted by molar-refractivity contribution is 0.0563. The minimum atomic E-state index is -0.620. The van der Waals surface area contributed by atoms with Gasteiger partial charge in [0.05, 0.1) is 7.11 Å². The second-order valence-corrected chi connectivity index (χ2v) is 3.36. The first-order valence-corrected chi connectivity index (χ1v) is 4.84. The molecular formula is C11H10N2O4. The van der Waals surface area contributed by atoms with Gasteiger partial charge < -0.3 is 9.15 Å². The van der Waals surface area contributed by atoms with Gasteiger partial charge in [-0.3, -0.25) is 9.48 Å². The van der Waals surface area contributed by atoms with Crippen molar-refractivity contribution in [3.8, 4) is 0 Å². The number of aromatic nitrogens is 2. The Kier molecular flexibility index (Phi) is 2.78. The van der Waals surface area contributed by atoms with Crippen LogP contribution in [0.15, 0.2) is 28.8 Å². The normalized spacial score (nSPS) is 10.2. The Hall–Kier alpha value is -2.37. The van der Waals surface area contributed by atoms with Crippen molar-refractivity contribution in [3.63, 3.8) is 0 Å². The van der Waals surface area contributed by atoms with Crippen molar-refractivity contribution < 1.29 is 18.7 Å². The molecule has 6 heteroatoms. The van der Waals surface area contributed by atoms with Gasteiger partial charge in [0, 0.05) is 13.2 Å². The molecule has 0 radical (unpaired) electrons. The molecule has 0 aliphatic heterocycles. The van der Waals surface area contributed by atoms with Crippen LogP contribution in [0.3, 0.4) is 0 Å². The van der Waals surface area contributed by atoms with Crippen molar-refractivity contribution in [1.82, 2.24) is 9.78 Å². The topological polar surface area (TPSA) is 74.3 Å². The van der Waals surface area contributed by atoms with E-state index in [4.69, 9.17) is 4.42 Å². The van der Waals surface area contributed by atoms with Crippen LogP contribution in [0.2, 0.25) is 0 Å². The van der Waals surface area contributed by atoms with E-state index < -0.39 is 5.97 Å². The zero-order valence-corrected chi connectivity index (χ0v) is 9.34. The van der Waals surface area contributed by atoms with E-state index in [9.17, 15) is 9.59 Å². The fourth-order valence-corrected chi connectivity index (χ4v) is 1.33. The summed E-state index contributed by atoms with van der Waals surface area (Å²) in [6.45, 7) is 0. The number of nitrogens with zero attached hydrogens (tertiary/aromatic N) is 2. The molecule has 0 aromatic carbocycles. The molecule has 0 atom stereocenters. The van der Waals surface area contributed by atoms with Gasteiger partial charge >= 0.3 is 5.97 Å². The predicted octanol–water partition coefficient (Wildman–Crippen LogP) is 1.03. The quantitative estimate of drug-likeness (QED) is 0.585. The van der Waals surface area contributed by atoms with Gasteiger partial charge in [0.2, 0.25) is 11.5 Å². The van der Waals surface area contributed by atoms with E-state index in [0.717, 1.165) is 0 Å². The highest BCUT2D eigenvalue weighted by Crippen LogP contribution is 2.13. The molecule has 0 bridgehead atoms. The monoisotopic (exact) mass is 234 g/mol. The minimum Gasteiger partial charge on any atom is -0.463 e. The molecule has 2 heterocycles. The van der Waals surface area contributed by atoms with E-state index in [1.54, 1.807) is 19.3 Å². The first kappa shape index (κ1) is 11.1. The molecule has 17 heavy (non-hydrogen) atoms. The highest BCUT2D eigenvalue weighted by atomic mass is 16.5. The molecule has 0 N–H and O–H groups in total. The number of rotatable bonds is 3. The van der Waals surface area contributed by atoms with E-state index in [-0.39, 0.29) is 23.0 Å². The zero-order valence-electron chi connectivity index (χ0n) is 9.34. The number of ketones is 1. The van der Waals surface area contributed by atoms with E-state index in [2.05, 4.69) is 9.84 Å². The van der Waals surface area contributed by atoms with Gasteiger partial charge in [-0.15, -0.1) is 0 Å². The zero-order chi connectivity index (χ0) is 12.4. The fourth-order valence-electron chi connectivity index (χ4n) is 1.33. The van der Waals surface area contributed by atoms with Crippen molar-refractivity contribution in [1.29, 1.82) is 0 Å². The summed E-state index contributed by atoms with van der Waals surface area (Å²) in [5, 5.41) is 3.95. The third-order valence-corrected chi connectivity index (χ3v) is 2.16. The highest BCUT2D eigenvalue weighted by molar-refractivity contribution is 6.06. The summed E-state index contributed by atoms with van der Waals surface area (Å²) >= 11 is 0. The molecule has 0 unspecified atom stereocenters.